The maximum atomic E-state index is 14.4. The fourth-order valence-electron chi connectivity index (χ4n) is 35.1. The number of hydrogen-bond donors (Lipinski definition) is 6. The first-order valence-electron chi connectivity index (χ1n) is 58.7. The molecule has 1 saturated heterocycles. The van der Waals surface area contributed by atoms with Crippen LogP contribution >= 0.6 is 28.4 Å². The van der Waals surface area contributed by atoms with Gasteiger partial charge in [0, 0.05) is 20.0 Å². The smallest absolute Gasteiger partial charge is 0.850 e. The number of rotatable bonds is 15. The van der Waals surface area contributed by atoms with Gasteiger partial charge >= 0.3 is 70.2 Å². The molecule has 0 amide bonds. The third-order valence-corrected chi connectivity index (χ3v) is 47.3. The maximum Gasteiger partial charge on any atom is 1.00 e. The maximum absolute atomic E-state index is 14.4. The van der Waals surface area contributed by atoms with Gasteiger partial charge in [0.15, 0.2) is 19.7 Å². The number of fused-ring (bicyclic) bond motifs is 15. The van der Waals surface area contributed by atoms with E-state index in [4.69, 9.17) is 9.84 Å². The second-order valence-corrected chi connectivity index (χ2v) is 70.6. The van der Waals surface area contributed by atoms with Gasteiger partial charge in [-0.05, 0) is 468 Å². The molecule has 0 bridgehead atoms. The van der Waals surface area contributed by atoms with E-state index in [9.17, 15) is 52.3 Å². The molecule has 16 aliphatic carbocycles. The fourth-order valence-corrected chi connectivity index (χ4v) is 39.0. The molecule has 28 atom stereocenters. The number of aliphatic hydroxyl groups is 6. The summed E-state index contributed by atoms with van der Waals surface area (Å²) in [6.45, 7) is 40.3. The number of halogens is 1. The Morgan fingerprint density at radius 1 is 0.434 bits per heavy atom. The molecule has 1 heterocycles. The number of unbranched alkanes of at least 4 members (excludes halogenated alkanes) is 1. The summed E-state index contributed by atoms with van der Waals surface area (Å²) in [7, 11) is -6.04. The van der Waals surface area contributed by atoms with Crippen LogP contribution in [0, 0.1) is 146 Å². The van der Waals surface area contributed by atoms with E-state index in [0.717, 1.165) is 220 Å². The summed E-state index contributed by atoms with van der Waals surface area (Å²) in [5.41, 5.74) is -0.852. The van der Waals surface area contributed by atoms with Gasteiger partial charge in [-0.3, -0.25) is 4.79 Å². The minimum atomic E-state index is -3.60. The molecule has 17 aliphatic rings. The number of hydrogen-bond acceptors (Lipinski definition) is 13. The van der Waals surface area contributed by atoms with Crippen molar-refractivity contribution in [2.45, 2.75) is 525 Å². The van der Waals surface area contributed by atoms with Crippen LogP contribution in [0.15, 0.2) is 70.5 Å². The molecule has 17 fully saturated rings. The van der Waals surface area contributed by atoms with Crippen LogP contribution in [-0.2, 0) is 29.2 Å². The number of ketones is 1. The van der Waals surface area contributed by atoms with Crippen LogP contribution in [0.25, 0.3) is 0 Å². The van der Waals surface area contributed by atoms with Crippen LogP contribution < -0.4 is 75.4 Å². The molecule has 6 N–H and O–H groups in total. The third-order valence-electron chi connectivity index (χ3n) is 43.0. The summed E-state index contributed by atoms with van der Waals surface area (Å²) in [4.78, 5) is 11.6. The predicted molar refractivity (Wildman–Crippen MR) is 597 cm³/mol. The van der Waals surface area contributed by atoms with Crippen LogP contribution in [0.3, 0.4) is 0 Å². The third kappa shape index (κ3) is 32.7. The van der Waals surface area contributed by atoms with Crippen molar-refractivity contribution in [3.8, 4) is 0 Å². The molecule has 0 radical (unpaired) electrons. The van der Waals surface area contributed by atoms with Crippen molar-refractivity contribution in [1.82, 2.24) is 0 Å². The van der Waals surface area contributed by atoms with Gasteiger partial charge in [0.25, 0.3) is 0 Å². The molecule has 143 heavy (non-hydrogen) atoms. The van der Waals surface area contributed by atoms with E-state index in [0.29, 0.717) is 78.8 Å². The zero-order chi connectivity index (χ0) is 103. The Hall–Kier alpha value is 1.00. The summed E-state index contributed by atoms with van der Waals surface area (Å²) < 4.78 is 60.6. The van der Waals surface area contributed by atoms with Gasteiger partial charge in [-0.15, -0.1) is 5.60 Å². The molecule has 1 unspecified atom stereocenters. The summed E-state index contributed by atoms with van der Waals surface area (Å²) in [6.07, 6.45) is 72.2. The Balaban J connectivity index is 0.000000205. The molecule has 2 aromatic rings. The first-order valence-corrected chi connectivity index (χ1v) is 67.3. The molecule has 16 saturated carbocycles. The summed E-state index contributed by atoms with van der Waals surface area (Å²) in [5.74, 6) is 12.6. The fraction of sp³-hybridized carbons (Fsp3) is 0.887. The van der Waals surface area contributed by atoms with Crippen molar-refractivity contribution in [3.05, 3.63) is 67.6 Å². The molecular weight excluding hydrogens is 1970 g/mol. The Morgan fingerprint density at radius 3 is 1.09 bits per heavy atom. The van der Waals surface area contributed by atoms with Crippen LogP contribution in [-0.4, -0.2) is 136 Å². The average Bonchev–Trinajstić information content (AvgIpc) is 1.66. The first kappa shape index (κ1) is 127. The molecule has 19 rings (SSSR count). The van der Waals surface area contributed by atoms with Crippen LogP contribution in [0.5, 0.6) is 0 Å². The molecule has 13 nitrogen and oxygen atoms in total. The molecule has 19 heteroatoms. The average molecular weight is 2180 g/mol. The second-order valence-electron chi connectivity index (χ2n) is 55.1. The van der Waals surface area contributed by atoms with Crippen LogP contribution in [0.2, 0.25) is 0 Å². The molecule has 2 aromatic carbocycles. The van der Waals surface area contributed by atoms with E-state index in [1.54, 1.807) is 45.0 Å². The van der Waals surface area contributed by atoms with Crippen molar-refractivity contribution in [2.75, 3.05) is 38.2 Å². The van der Waals surface area contributed by atoms with Crippen molar-refractivity contribution >= 4 is 53.9 Å². The molecule has 0 aromatic heterocycles. The zero-order valence-corrected chi connectivity index (χ0v) is 103. The quantitative estimate of drug-likeness (QED) is 0.0320. The molecular formula is C124H213IKLiO13S3. The topological polar surface area (TPSA) is 242 Å². The Kier molecular flexibility index (Phi) is 47.8. The number of sulfone groups is 2. The Morgan fingerprint density at radius 2 is 0.741 bits per heavy atom. The number of carbonyl (C=O) groups is 1. The number of Topliss-reactive ketones (excluding diaryl/α,β-unsaturated/α-hetero) is 1. The van der Waals surface area contributed by atoms with Gasteiger partial charge in [-0.1, -0.05) is 223 Å². The monoisotopic (exact) mass is 2180 g/mol. The minimum absolute atomic E-state index is 0. The van der Waals surface area contributed by atoms with E-state index in [1.165, 1.54) is 212 Å². The van der Waals surface area contributed by atoms with Gasteiger partial charge in [0.1, 0.15) is 5.78 Å². The summed E-state index contributed by atoms with van der Waals surface area (Å²) >= 11 is 2.46. The zero-order valence-electron chi connectivity index (χ0n) is 95.6. The Bertz CT molecular complexity index is 4320. The number of epoxide rings is 1. The summed E-state index contributed by atoms with van der Waals surface area (Å²) in [5, 5.41) is 72.1. The SMILES string of the molecule is C1CCCC2(CC1)CO2.CC(C)(C)[O-].CO.CS(C)(C)I.C[C@H](C(CC1(O)CCCCCC1)S(=O)(=O)c1ccccc1)[C@H]1CC[C@H]2[C@@H]3CC[C@H]4C[C@@](C)(O)CC[C@]4(C)[C@H]3CC[C@]12C.C[C@H](CCC1(O)CCCCCC1)[C@H]1CC[C@H]2[C@@H]3CC[C@H]4C[C@@](C)(O)CC[C@]4(C)[C@H]3CC[C@]12C.C[C@H](CS(=O)(=O)c1ccccc1)[C@H]1CC[C@H]2[C@@H]3CC[C@H]4C[C@@](C)(O)CC[C@]4(C)[C@H]3CC[C@]12C.O=C1CCCCCC1.[CH2-]CCC.[K+].[Li+]. The van der Waals surface area contributed by atoms with Gasteiger partial charge in [-0.2, -0.15) is 13.6 Å². The molecule has 1 aliphatic heterocycles. The summed E-state index contributed by atoms with van der Waals surface area (Å²) in [6, 6.07) is 18.1. The largest absolute Gasteiger partial charge is 1.00 e. The van der Waals surface area contributed by atoms with E-state index in [2.05, 4.69) is 123 Å². The number of aliphatic hydroxyl groups excluding tert-OH is 1. The van der Waals surface area contributed by atoms with E-state index >= 15 is 0 Å². The first-order chi connectivity index (χ1) is 66.0. The molecule has 814 valence electrons. The Labute approximate surface area is 945 Å². The van der Waals surface area contributed by atoms with Crippen molar-refractivity contribution in [3.63, 3.8) is 0 Å². The van der Waals surface area contributed by atoms with Crippen LogP contribution in [0.1, 0.15) is 470 Å². The second kappa shape index (κ2) is 53.6. The standard InChI is InChI=1S/C37H58O4S.C31H54O2.C29H44O3S.C8H14O.C7H12O.C4H9O.C4H9.C3H9IS.CH4O.K.Li/c1-26(33(25-37(39)19-10-5-6-11-20-37)42(40,41)28-12-8-7-9-13-28)30-16-17-31-29-15-14-27-24-34(2,38)22-23-35(27,3)32(29)18-21-36(30,31)4;1-22(13-18-31(33)15-7-5-6-8-16-31)25-11-12-26-24-10-9-23-21-28(2,32)19-20-29(23,3)27(24)14-17-30(25,26)4;1-20(19-33(31,32)22-8-6-5-7-9-22)24-12-13-25-23-11-10-21-18-27(2,30)16-17-28(21,3)26(23)14-15-29(24,25)4;1-2-4-6-8(5-3-1)7-9-8;8-7-5-3-1-2-4-6-7;1-4(2,3)5;1-3-4-2;1-5(2,3)4;1-2;;/h7-9,12-13,26-27,29-33,38-39H,5-6,10-11,14-25H2,1-4H3;22-27,32-33H,5-21H2,1-4H3;5-9,20-21,23-26,30H,10-19H2,1-4H3;1-7H2;1-6H2;1-3H3;1,3-4H2,2H3;1-3H3;2H,1H3;;/q;;;;;2*-1;;;2*+1/t26-,27-,29-,30+,31-,32-,33?,34-,35-,36+;22-,23+,24+,25-,26+,27+,28+,29+,30-;20-,21+,23+,24-,25+,26+,27+,28+,29-;;;;;;;;/m011......../s1. The van der Waals surface area contributed by atoms with Crippen molar-refractivity contribution in [2.24, 2.45) is 139 Å². The van der Waals surface area contributed by atoms with Gasteiger partial charge in [-0.25, -0.2) is 16.8 Å². The normalized spacial score (nSPS) is 39.5. The van der Waals surface area contributed by atoms with Gasteiger partial charge in [0.2, 0.25) is 0 Å². The number of benzene rings is 2. The van der Waals surface area contributed by atoms with Crippen molar-refractivity contribution < 1.29 is 132 Å². The van der Waals surface area contributed by atoms with Gasteiger partial charge in [0.05, 0.1) is 61.0 Å². The predicted octanol–water partition coefficient (Wildman–Crippen LogP) is 24.2. The minimum Gasteiger partial charge on any atom is -0.850 e. The van der Waals surface area contributed by atoms with Gasteiger partial charge < -0.3 is 47.4 Å². The molecule has 1 spiro atoms. The number of carbonyl (C=O) groups excluding carboxylic acids is 1. The van der Waals surface area contributed by atoms with Crippen LogP contribution in [0.4, 0.5) is 0 Å². The van der Waals surface area contributed by atoms with E-state index < -0.39 is 52.9 Å². The number of ether oxygens (including phenoxy) is 1. The van der Waals surface area contributed by atoms with E-state index in [1.807, 2.05) is 50.2 Å². The van der Waals surface area contributed by atoms with Crippen molar-refractivity contribution in [1.29, 1.82) is 0 Å². The van der Waals surface area contributed by atoms with E-state index in [-0.39, 0.29) is 111 Å².